The third kappa shape index (κ3) is 5.41. The molecule has 1 aliphatic carbocycles. The predicted molar refractivity (Wildman–Crippen MR) is 118 cm³/mol. The zero-order valence-corrected chi connectivity index (χ0v) is 17.7. The number of allylic oxidation sites excluding steroid dienone is 1. The van der Waals surface area contributed by atoms with Crippen LogP contribution in [-0.4, -0.2) is 30.3 Å². The predicted octanol–water partition coefficient (Wildman–Crippen LogP) is 5.53. The quantitative estimate of drug-likeness (QED) is 0.268. The number of carbonyl (C=O) groups is 1. The van der Waals surface area contributed by atoms with Gasteiger partial charge in [0, 0.05) is 17.7 Å². The molecule has 6 heteroatoms. The van der Waals surface area contributed by atoms with Crippen molar-refractivity contribution in [2.75, 3.05) is 14.2 Å². The Hall–Kier alpha value is -2.73. The molecule has 0 bridgehead atoms. The van der Waals surface area contributed by atoms with Gasteiger partial charge in [-0.25, -0.2) is 9.79 Å². The second kappa shape index (κ2) is 9.65. The highest BCUT2D eigenvalue weighted by Crippen LogP contribution is 2.38. The van der Waals surface area contributed by atoms with Gasteiger partial charge in [0.15, 0.2) is 0 Å². The van der Waals surface area contributed by atoms with Crippen molar-refractivity contribution in [2.24, 2.45) is 10.9 Å². The molecular weight excluding hydrogens is 386 g/mol. The lowest BCUT2D eigenvalue weighted by molar-refractivity contribution is -0.130. The molecule has 1 aliphatic rings. The third-order valence-corrected chi connectivity index (χ3v) is 5.93. The Bertz CT molecular complexity index is 947. The minimum atomic E-state index is -0.991. The number of hydrogen-bond acceptors (Lipinski definition) is 5. The molecule has 1 N–H and O–H groups in total. The molecular formula is C23H25NO4S. The minimum Gasteiger partial charge on any atom is -0.500 e. The van der Waals surface area contributed by atoms with Gasteiger partial charge >= 0.3 is 5.97 Å². The first-order valence-electron chi connectivity index (χ1n) is 9.45. The summed E-state index contributed by atoms with van der Waals surface area (Å²) in [7, 11) is 3.13. The number of thioether (sulfide) groups is 1. The van der Waals surface area contributed by atoms with Gasteiger partial charge in [-0.05, 0) is 43.0 Å². The Morgan fingerprint density at radius 1 is 1.17 bits per heavy atom. The van der Waals surface area contributed by atoms with E-state index in [4.69, 9.17) is 14.5 Å². The normalized spacial score (nSPS) is 14.9. The number of nitrogens with zero attached hydrogens (tertiary/aromatic N) is 1. The zero-order valence-electron chi connectivity index (χ0n) is 16.8. The molecule has 0 spiro atoms. The highest BCUT2D eigenvalue weighted by Gasteiger charge is 2.28. The number of carboxylic acid groups (broad SMARTS) is 1. The van der Waals surface area contributed by atoms with Crippen LogP contribution in [0.2, 0.25) is 0 Å². The fraction of sp³-hybridized carbons (Fsp3) is 0.304. The summed E-state index contributed by atoms with van der Waals surface area (Å²) in [6.07, 6.45) is 2.28. The standard InChI is InChI=1S/C23H25NO4S/c1-15(27-2)21(23(25)26)20-10-5-4-7-17(20)14-29-22(16-11-12-16)24-18-8-6-9-19(13-18)28-3/h4-10,13,16H,11-12,14H2,1-3H3,(H,25,26). The van der Waals surface area contributed by atoms with Crippen LogP contribution in [0.1, 0.15) is 30.9 Å². The Morgan fingerprint density at radius 3 is 2.59 bits per heavy atom. The summed E-state index contributed by atoms with van der Waals surface area (Å²) in [5, 5.41) is 10.8. The SMILES string of the molecule is COC(C)=C(C(=O)O)c1ccccc1CSC(=Nc1cccc(OC)c1)C1CC1. The average molecular weight is 412 g/mol. The molecule has 0 unspecified atom stereocenters. The molecule has 2 aromatic carbocycles. The highest BCUT2D eigenvalue weighted by atomic mass is 32.2. The van der Waals surface area contributed by atoms with E-state index in [1.165, 1.54) is 7.11 Å². The molecule has 1 saturated carbocycles. The molecule has 3 rings (SSSR count). The van der Waals surface area contributed by atoms with Crippen molar-refractivity contribution < 1.29 is 19.4 Å². The first kappa shape index (κ1) is 21.0. The number of carboxylic acids is 1. The fourth-order valence-electron chi connectivity index (χ4n) is 2.98. The van der Waals surface area contributed by atoms with E-state index in [0.717, 1.165) is 34.9 Å². The van der Waals surface area contributed by atoms with E-state index in [-0.39, 0.29) is 5.57 Å². The molecule has 2 aromatic rings. The van der Waals surface area contributed by atoms with Crippen molar-refractivity contribution in [3.63, 3.8) is 0 Å². The van der Waals surface area contributed by atoms with Crippen molar-refractivity contribution >= 4 is 34.0 Å². The number of rotatable bonds is 8. The van der Waals surface area contributed by atoms with Crippen LogP contribution in [0, 0.1) is 5.92 Å². The molecule has 0 radical (unpaired) electrons. The first-order valence-corrected chi connectivity index (χ1v) is 10.4. The Labute approximate surface area is 175 Å². The van der Waals surface area contributed by atoms with Crippen molar-refractivity contribution in [1.29, 1.82) is 0 Å². The van der Waals surface area contributed by atoms with E-state index in [9.17, 15) is 9.90 Å². The van der Waals surface area contributed by atoms with E-state index >= 15 is 0 Å². The zero-order chi connectivity index (χ0) is 20.8. The third-order valence-electron chi connectivity index (χ3n) is 4.75. The average Bonchev–Trinajstić information content (AvgIpc) is 3.57. The van der Waals surface area contributed by atoms with E-state index in [1.54, 1.807) is 25.8 Å². The maximum Gasteiger partial charge on any atom is 0.339 e. The second-order valence-electron chi connectivity index (χ2n) is 6.81. The summed E-state index contributed by atoms with van der Waals surface area (Å²) in [6.45, 7) is 1.67. The van der Waals surface area contributed by atoms with Crippen LogP contribution in [0.15, 0.2) is 59.3 Å². The van der Waals surface area contributed by atoms with Crippen molar-refractivity contribution in [3.05, 3.63) is 65.4 Å². The number of hydrogen-bond donors (Lipinski definition) is 1. The molecule has 1 fully saturated rings. The highest BCUT2D eigenvalue weighted by molar-refractivity contribution is 8.13. The molecule has 0 heterocycles. The van der Waals surface area contributed by atoms with E-state index in [0.29, 0.717) is 23.0 Å². The fourth-order valence-corrected chi connectivity index (χ4v) is 4.17. The molecule has 0 aliphatic heterocycles. The van der Waals surface area contributed by atoms with Gasteiger partial charge in [-0.2, -0.15) is 0 Å². The molecule has 152 valence electrons. The Morgan fingerprint density at radius 2 is 1.93 bits per heavy atom. The molecule has 0 saturated heterocycles. The Kier molecular flexibility index (Phi) is 6.99. The largest absolute Gasteiger partial charge is 0.500 e. The lowest BCUT2D eigenvalue weighted by Crippen LogP contribution is -2.07. The van der Waals surface area contributed by atoms with Gasteiger partial charge < -0.3 is 14.6 Å². The molecule has 0 amide bonds. The maximum absolute atomic E-state index is 11.8. The topological polar surface area (TPSA) is 68.1 Å². The van der Waals surface area contributed by atoms with Crippen LogP contribution in [0.4, 0.5) is 5.69 Å². The summed E-state index contributed by atoms with van der Waals surface area (Å²) in [4.78, 5) is 16.7. The molecule has 5 nitrogen and oxygen atoms in total. The van der Waals surface area contributed by atoms with Gasteiger partial charge in [-0.3, -0.25) is 0 Å². The number of aliphatic imine (C=N–C) groups is 1. The van der Waals surface area contributed by atoms with Gasteiger partial charge in [-0.15, -0.1) is 11.8 Å². The maximum atomic E-state index is 11.8. The summed E-state index contributed by atoms with van der Waals surface area (Å²) in [5.41, 5.74) is 2.70. The van der Waals surface area contributed by atoms with Crippen LogP contribution < -0.4 is 4.74 Å². The van der Waals surface area contributed by atoms with Crippen LogP contribution in [0.25, 0.3) is 5.57 Å². The minimum absolute atomic E-state index is 0.196. The van der Waals surface area contributed by atoms with Crippen LogP contribution in [0.5, 0.6) is 5.75 Å². The molecule has 0 aromatic heterocycles. The summed E-state index contributed by atoms with van der Waals surface area (Å²) >= 11 is 1.67. The van der Waals surface area contributed by atoms with Crippen molar-refractivity contribution in [3.8, 4) is 5.75 Å². The van der Waals surface area contributed by atoms with Gasteiger partial charge in [0.1, 0.15) is 17.1 Å². The van der Waals surface area contributed by atoms with E-state index in [1.807, 2.05) is 48.5 Å². The molecule has 29 heavy (non-hydrogen) atoms. The smallest absolute Gasteiger partial charge is 0.339 e. The van der Waals surface area contributed by atoms with Crippen molar-refractivity contribution in [1.82, 2.24) is 0 Å². The monoisotopic (exact) mass is 411 g/mol. The van der Waals surface area contributed by atoms with Gasteiger partial charge in [0.05, 0.1) is 25.0 Å². The van der Waals surface area contributed by atoms with Crippen molar-refractivity contribution in [2.45, 2.75) is 25.5 Å². The number of ether oxygens (including phenoxy) is 2. The number of methoxy groups -OCH3 is 2. The second-order valence-corrected chi connectivity index (χ2v) is 7.81. The lowest BCUT2D eigenvalue weighted by Gasteiger charge is -2.13. The van der Waals surface area contributed by atoms with Crippen LogP contribution in [-0.2, 0) is 15.3 Å². The van der Waals surface area contributed by atoms with Gasteiger partial charge in [0.2, 0.25) is 0 Å². The van der Waals surface area contributed by atoms with Gasteiger partial charge in [0.25, 0.3) is 0 Å². The van der Waals surface area contributed by atoms with Crippen LogP contribution in [0.3, 0.4) is 0 Å². The number of benzene rings is 2. The number of aliphatic carboxylic acids is 1. The Balaban J connectivity index is 1.86. The summed E-state index contributed by atoms with van der Waals surface area (Å²) in [6, 6.07) is 15.3. The lowest BCUT2D eigenvalue weighted by atomic mass is 10.00. The molecule has 0 atom stereocenters. The van der Waals surface area contributed by atoms with Gasteiger partial charge in [-0.1, -0.05) is 30.3 Å². The van der Waals surface area contributed by atoms with E-state index in [2.05, 4.69) is 0 Å². The first-order chi connectivity index (χ1) is 14.0. The van der Waals surface area contributed by atoms with Crippen LogP contribution >= 0.6 is 11.8 Å². The van der Waals surface area contributed by atoms with E-state index < -0.39 is 5.97 Å². The summed E-state index contributed by atoms with van der Waals surface area (Å²) < 4.78 is 10.5. The summed E-state index contributed by atoms with van der Waals surface area (Å²) in [5.74, 6) is 1.30.